The molecule has 1 unspecified atom stereocenters. The van der Waals surface area contributed by atoms with E-state index in [0.717, 1.165) is 11.3 Å². The van der Waals surface area contributed by atoms with Crippen LogP contribution in [-0.2, 0) is 0 Å². The Morgan fingerprint density at radius 1 is 1.43 bits per heavy atom. The maximum atomic E-state index is 9.40. The quantitative estimate of drug-likeness (QED) is 0.797. The molecule has 2 nitrogen and oxygen atoms in total. The fourth-order valence-electron chi connectivity index (χ4n) is 1.53. The summed E-state index contributed by atoms with van der Waals surface area (Å²) in [5.74, 6) is 0.883. The molecule has 0 aliphatic heterocycles. The maximum Gasteiger partial charge on any atom is 0.120 e. The van der Waals surface area contributed by atoms with Crippen molar-refractivity contribution in [1.82, 2.24) is 0 Å². The molecule has 1 atom stereocenters. The highest BCUT2D eigenvalue weighted by Crippen LogP contribution is 2.26. The Bertz CT molecular complexity index is 303. The molecule has 1 N–H and O–H groups in total. The lowest BCUT2D eigenvalue weighted by Crippen LogP contribution is -2.24. The zero-order chi connectivity index (χ0) is 9.97. The number of hydrogen-bond acceptors (Lipinski definition) is 2. The summed E-state index contributed by atoms with van der Waals surface area (Å²) >= 11 is 0. The minimum Gasteiger partial charge on any atom is -0.490 e. The molecule has 1 aliphatic rings. The van der Waals surface area contributed by atoms with Crippen molar-refractivity contribution in [3.8, 4) is 5.75 Å². The summed E-state index contributed by atoms with van der Waals surface area (Å²) in [5, 5.41) is 9.40. The highest BCUT2D eigenvalue weighted by Gasteiger charge is 2.19. The second-order valence-corrected chi connectivity index (χ2v) is 3.92. The first-order valence-corrected chi connectivity index (χ1v) is 5.20. The number of benzene rings is 1. The minimum atomic E-state index is -0.417. The molecule has 0 spiro atoms. The van der Waals surface area contributed by atoms with Crippen molar-refractivity contribution in [2.75, 3.05) is 0 Å². The topological polar surface area (TPSA) is 29.5 Å². The Morgan fingerprint density at radius 3 is 2.79 bits per heavy atom. The van der Waals surface area contributed by atoms with E-state index >= 15 is 0 Å². The highest BCUT2D eigenvalue weighted by atomic mass is 16.5. The molecule has 0 heterocycles. The molecular weight excluding hydrogens is 176 g/mol. The summed E-state index contributed by atoms with van der Waals surface area (Å²) < 4.78 is 5.73. The summed E-state index contributed by atoms with van der Waals surface area (Å²) in [5.41, 5.74) is 0.918. The Kier molecular flexibility index (Phi) is 2.73. The molecule has 2 heteroatoms. The van der Waals surface area contributed by atoms with Gasteiger partial charge in [-0.05, 0) is 43.9 Å². The van der Waals surface area contributed by atoms with Crippen molar-refractivity contribution >= 4 is 0 Å². The number of rotatable bonds is 3. The molecule has 1 aliphatic carbocycles. The van der Waals surface area contributed by atoms with Gasteiger partial charge in [0.05, 0.1) is 12.2 Å². The second kappa shape index (κ2) is 4.01. The molecule has 0 bridgehead atoms. The fraction of sp³-hybridized carbons (Fsp3) is 0.500. The van der Waals surface area contributed by atoms with Crippen LogP contribution in [0.2, 0.25) is 0 Å². The first-order chi connectivity index (χ1) is 6.75. The number of hydrogen-bond donors (Lipinski definition) is 1. The van der Waals surface area contributed by atoms with Crippen LogP contribution < -0.4 is 4.74 Å². The van der Waals surface area contributed by atoms with E-state index in [0.29, 0.717) is 6.10 Å². The lowest BCUT2D eigenvalue weighted by Gasteiger charge is -2.26. The van der Waals surface area contributed by atoms with E-state index < -0.39 is 6.10 Å². The summed E-state index contributed by atoms with van der Waals surface area (Å²) in [6.45, 7) is 1.77. The van der Waals surface area contributed by atoms with Gasteiger partial charge < -0.3 is 9.84 Å². The van der Waals surface area contributed by atoms with Crippen LogP contribution in [0.15, 0.2) is 24.3 Å². The zero-order valence-electron chi connectivity index (χ0n) is 8.44. The molecule has 2 rings (SSSR count). The number of ether oxygens (including phenoxy) is 1. The van der Waals surface area contributed by atoms with Crippen molar-refractivity contribution in [2.45, 2.75) is 38.4 Å². The van der Waals surface area contributed by atoms with Crippen molar-refractivity contribution in [3.05, 3.63) is 29.8 Å². The molecule has 0 saturated heterocycles. The number of aliphatic hydroxyl groups excluding tert-OH is 1. The van der Waals surface area contributed by atoms with Gasteiger partial charge in [-0.2, -0.15) is 0 Å². The van der Waals surface area contributed by atoms with Crippen molar-refractivity contribution < 1.29 is 9.84 Å². The van der Waals surface area contributed by atoms with Gasteiger partial charge in [-0.3, -0.25) is 0 Å². The Labute approximate surface area is 84.5 Å². The second-order valence-electron chi connectivity index (χ2n) is 3.92. The van der Waals surface area contributed by atoms with E-state index in [1.807, 2.05) is 24.3 Å². The van der Waals surface area contributed by atoms with Crippen LogP contribution in [0.1, 0.15) is 37.9 Å². The Balaban J connectivity index is 2.05. The van der Waals surface area contributed by atoms with E-state index in [9.17, 15) is 5.11 Å². The molecule has 0 aromatic heterocycles. The highest BCUT2D eigenvalue weighted by molar-refractivity contribution is 5.29. The van der Waals surface area contributed by atoms with E-state index in [-0.39, 0.29) is 0 Å². The van der Waals surface area contributed by atoms with Crippen LogP contribution in [0.25, 0.3) is 0 Å². The van der Waals surface area contributed by atoms with E-state index in [4.69, 9.17) is 4.74 Å². The Morgan fingerprint density at radius 2 is 2.21 bits per heavy atom. The van der Waals surface area contributed by atoms with Gasteiger partial charge in [0.15, 0.2) is 0 Å². The first kappa shape index (κ1) is 9.53. The molecule has 1 aromatic carbocycles. The van der Waals surface area contributed by atoms with Crippen molar-refractivity contribution in [2.24, 2.45) is 0 Å². The minimum absolute atomic E-state index is 0.402. The summed E-state index contributed by atoms with van der Waals surface area (Å²) in [4.78, 5) is 0. The van der Waals surface area contributed by atoms with Crippen LogP contribution >= 0.6 is 0 Å². The standard InChI is InChI=1S/C12H16O2/c1-9(13)10-4-2-7-12(8-10)14-11-5-3-6-11/h2,4,7-9,11,13H,3,5-6H2,1H3. The number of aliphatic hydroxyl groups is 1. The van der Waals surface area contributed by atoms with Crippen LogP contribution in [0, 0.1) is 0 Å². The van der Waals surface area contributed by atoms with Gasteiger partial charge >= 0.3 is 0 Å². The molecule has 1 fully saturated rings. The summed E-state index contributed by atoms with van der Waals surface area (Å²) in [6.07, 6.45) is 3.60. The molecule has 1 aromatic rings. The van der Waals surface area contributed by atoms with Gasteiger partial charge in [0.2, 0.25) is 0 Å². The third kappa shape index (κ3) is 2.07. The smallest absolute Gasteiger partial charge is 0.120 e. The molecule has 76 valence electrons. The summed E-state index contributed by atoms with van der Waals surface area (Å²) in [7, 11) is 0. The van der Waals surface area contributed by atoms with Crippen molar-refractivity contribution in [3.63, 3.8) is 0 Å². The van der Waals surface area contributed by atoms with Gasteiger partial charge in [-0.1, -0.05) is 12.1 Å². The molecular formula is C12H16O2. The van der Waals surface area contributed by atoms with Crippen LogP contribution in [0.4, 0.5) is 0 Å². The van der Waals surface area contributed by atoms with Gasteiger partial charge in [-0.15, -0.1) is 0 Å². The van der Waals surface area contributed by atoms with Crippen molar-refractivity contribution in [1.29, 1.82) is 0 Å². The third-order valence-electron chi connectivity index (χ3n) is 2.70. The lowest BCUT2D eigenvalue weighted by atomic mass is 9.96. The lowest BCUT2D eigenvalue weighted by molar-refractivity contribution is 0.119. The summed E-state index contributed by atoms with van der Waals surface area (Å²) in [6, 6.07) is 7.71. The fourth-order valence-corrected chi connectivity index (χ4v) is 1.53. The molecule has 0 amide bonds. The van der Waals surface area contributed by atoms with E-state index in [2.05, 4.69) is 0 Å². The monoisotopic (exact) mass is 192 g/mol. The van der Waals surface area contributed by atoms with Crippen LogP contribution in [0.3, 0.4) is 0 Å². The maximum absolute atomic E-state index is 9.40. The van der Waals surface area contributed by atoms with E-state index in [1.165, 1.54) is 19.3 Å². The normalized spacial score (nSPS) is 18.7. The zero-order valence-corrected chi connectivity index (χ0v) is 8.44. The predicted octanol–water partition coefficient (Wildman–Crippen LogP) is 2.67. The largest absolute Gasteiger partial charge is 0.490 e. The predicted molar refractivity (Wildman–Crippen MR) is 55.3 cm³/mol. The van der Waals surface area contributed by atoms with Crippen LogP contribution in [-0.4, -0.2) is 11.2 Å². The van der Waals surface area contributed by atoms with Gasteiger partial charge in [0.25, 0.3) is 0 Å². The third-order valence-corrected chi connectivity index (χ3v) is 2.70. The molecule has 14 heavy (non-hydrogen) atoms. The average molecular weight is 192 g/mol. The Hall–Kier alpha value is -1.02. The first-order valence-electron chi connectivity index (χ1n) is 5.20. The van der Waals surface area contributed by atoms with Gasteiger partial charge in [0.1, 0.15) is 5.75 Å². The van der Waals surface area contributed by atoms with Crippen LogP contribution in [0.5, 0.6) is 5.75 Å². The average Bonchev–Trinajstić information content (AvgIpc) is 2.12. The van der Waals surface area contributed by atoms with E-state index in [1.54, 1.807) is 6.92 Å². The van der Waals surface area contributed by atoms with Gasteiger partial charge in [0, 0.05) is 0 Å². The molecule has 1 saturated carbocycles. The van der Waals surface area contributed by atoms with Gasteiger partial charge in [-0.25, -0.2) is 0 Å². The molecule has 0 radical (unpaired) electrons. The SMILES string of the molecule is CC(O)c1cccc(OC2CCC2)c1.